The molecule has 1 fully saturated rings. The van der Waals surface area contributed by atoms with Crippen LogP contribution in [0, 0.1) is 5.92 Å². The van der Waals surface area contributed by atoms with Gasteiger partial charge in [0.2, 0.25) is 5.91 Å². The molecule has 17 heavy (non-hydrogen) atoms. The van der Waals surface area contributed by atoms with Gasteiger partial charge >= 0.3 is 0 Å². The van der Waals surface area contributed by atoms with Gasteiger partial charge in [-0.25, -0.2) is 0 Å². The fourth-order valence-corrected chi connectivity index (χ4v) is 1.82. The minimum absolute atomic E-state index is 0.0859. The van der Waals surface area contributed by atoms with Crippen molar-refractivity contribution in [1.29, 1.82) is 0 Å². The maximum Gasteiger partial charge on any atom is 0.239 e. The Morgan fingerprint density at radius 1 is 1.35 bits per heavy atom. The largest absolute Gasteiger partial charge is 0.376 e. The lowest BCUT2D eigenvalue weighted by Gasteiger charge is -2.10. The number of amides is 1. The van der Waals surface area contributed by atoms with Crippen molar-refractivity contribution in [2.75, 3.05) is 18.4 Å². The summed E-state index contributed by atoms with van der Waals surface area (Å²) in [6, 6.07) is 8.12. The van der Waals surface area contributed by atoms with E-state index in [0.717, 1.165) is 24.6 Å². The van der Waals surface area contributed by atoms with Crippen LogP contribution in [0.1, 0.15) is 25.3 Å². The summed E-state index contributed by atoms with van der Waals surface area (Å²) in [4.78, 5) is 11.6. The third-order valence-corrected chi connectivity index (χ3v) is 3.12. The minimum Gasteiger partial charge on any atom is -0.376 e. The number of benzene rings is 1. The van der Waals surface area contributed by atoms with Gasteiger partial charge in [0.1, 0.15) is 0 Å². The number of anilines is 1. The van der Waals surface area contributed by atoms with Crippen LogP contribution < -0.4 is 10.6 Å². The summed E-state index contributed by atoms with van der Waals surface area (Å²) in [5, 5.41) is 6.15. The molecule has 0 saturated heterocycles. The summed E-state index contributed by atoms with van der Waals surface area (Å²) in [7, 11) is 0. The Bertz CT molecular complexity index is 386. The number of hydrogen-bond donors (Lipinski definition) is 2. The van der Waals surface area contributed by atoms with Gasteiger partial charge in [-0.05, 0) is 36.8 Å². The van der Waals surface area contributed by atoms with E-state index in [4.69, 9.17) is 0 Å². The maximum atomic E-state index is 11.6. The van der Waals surface area contributed by atoms with Crippen LogP contribution in [0.3, 0.4) is 0 Å². The number of nitrogens with one attached hydrogen (secondary N) is 2. The SMILES string of the molecule is CCc1ccccc1NCC(=O)NCC1CC1. The van der Waals surface area contributed by atoms with Gasteiger partial charge in [0, 0.05) is 12.2 Å². The van der Waals surface area contributed by atoms with Crippen LogP contribution in [0.25, 0.3) is 0 Å². The predicted molar refractivity (Wildman–Crippen MR) is 70.0 cm³/mol. The molecule has 0 atom stereocenters. The molecule has 0 spiro atoms. The molecule has 3 heteroatoms. The minimum atomic E-state index is 0.0859. The first-order valence-corrected chi connectivity index (χ1v) is 6.38. The first-order chi connectivity index (χ1) is 8.29. The lowest BCUT2D eigenvalue weighted by Crippen LogP contribution is -2.31. The van der Waals surface area contributed by atoms with Gasteiger partial charge in [-0.15, -0.1) is 0 Å². The number of hydrogen-bond acceptors (Lipinski definition) is 2. The zero-order valence-electron chi connectivity index (χ0n) is 10.3. The van der Waals surface area contributed by atoms with Gasteiger partial charge in [0.25, 0.3) is 0 Å². The highest BCUT2D eigenvalue weighted by Crippen LogP contribution is 2.27. The Morgan fingerprint density at radius 2 is 2.12 bits per heavy atom. The Kier molecular flexibility index (Phi) is 4.02. The van der Waals surface area contributed by atoms with Gasteiger partial charge in [-0.3, -0.25) is 4.79 Å². The maximum absolute atomic E-state index is 11.6. The smallest absolute Gasteiger partial charge is 0.239 e. The fraction of sp³-hybridized carbons (Fsp3) is 0.500. The molecule has 0 unspecified atom stereocenters. The molecule has 2 N–H and O–H groups in total. The third-order valence-electron chi connectivity index (χ3n) is 3.12. The van der Waals surface area contributed by atoms with Crippen molar-refractivity contribution in [3.05, 3.63) is 29.8 Å². The number of rotatable bonds is 6. The van der Waals surface area contributed by atoms with E-state index in [9.17, 15) is 4.79 Å². The molecule has 3 nitrogen and oxygen atoms in total. The Morgan fingerprint density at radius 3 is 2.82 bits per heavy atom. The number of para-hydroxylation sites is 1. The van der Waals surface area contributed by atoms with E-state index in [-0.39, 0.29) is 5.91 Å². The van der Waals surface area contributed by atoms with Crippen molar-refractivity contribution < 1.29 is 4.79 Å². The highest BCUT2D eigenvalue weighted by atomic mass is 16.1. The van der Waals surface area contributed by atoms with Crippen LogP contribution in [0.4, 0.5) is 5.69 Å². The number of aryl methyl sites for hydroxylation is 1. The standard InChI is InChI=1S/C14H20N2O/c1-2-12-5-3-4-6-13(12)15-10-14(17)16-9-11-7-8-11/h3-6,11,15H,2,7-10H2,1H3,(H,16,17). The van der Waals surface area contributed by atoms with E-state index in [1.165, 1.54) is 18.4 Å². The average Bonchev–Trinajstić information content (AvgIpc) is 3.18. The van der Waals surface area contributed by atoms with E-state index in [0.29, 0.717) is 6.54 Å². The molecule has 1 aliphatic carbocycles. The number of carbonyl (C=O) groups excluding carboxylic acids is 1. The van der Waals surface area contributed by atoms with E-state index >= 15 is 0 Å². The second-order valence-electron chi connectivity index (χ2n) is 4.61. The molecule has 0 radical (unpaired) electrons. The lowest BCUT2D eigenvalue weighted by atomic mass is 10.1. The van der Waals surface area contributed by atoms with E-state index in [1.807, 2.05) is 18.2 Å². The van der Waals surface area contributed by atoms with Crippen LogP contribution in [0.5, 0.6) is 0 Å². The van der Waals surface area contributed by atoms with Crippen molar-refractivity contribution in [3.63, 3.8) is 0 Å². The molecular formula is C14H20N2O. The van der Waals surface area contributed by atoms with Gasteiger partial charge in [-0.1, -0.05) is 25.1 Å². The molecular weight excluding hydrogens is 212 g/mol. The zero-order chi connectivity index (χ0) is 12.1. The van der Waals surface area contributed by atoms with Crippen molar-refractivity contribution in [2.45, 2.75) is 26.2 Å². The first-order valence-electron chi connectivity index (χ1n) is 6.38. The second kappa shape index (κ2) is 5.71. The second-order valence-corrected chi connectivity index (χ2v) is 4.61. The van der Waals surface area contributed by atoms with Gasteiger partial charge in [0.15, 0.2) is 0 Å². The van der Waals surface area contributed by atoms with E-state index in [2.05, 4.69) is 23.6 Å². The quantitative estimate of drug-likeness (QED) is 0.789. The Hall–Kier alpha value is -1.51. The number of carbonyl (C=O) groups is 1. The molecule has 1 aliphatic rings. The summed E-state index contributed by atoms with van der Waals surface area (Å²) in [5.74, 6) is 0.824. The van der Waals surface area contributed by atoms with Crippen LogP contribution in [0.2, 0.25) is 0 Å². The molecule has 2 rings (SSSR count). The molecule has 1 aromatic carbocycles. The Labute approximate surface area is 103 Å². The van der Waals surface area contributed by atoms with Crippen molar-refractivity contribution >= 4 is 11.6 Å². The average molecular weight is 232 g/mol. The lowest BCUT2D eigenvalue weighted by molar-refractivity contribution is -0.119. The molecule has 0 aliphatic heterocycles. The molecule has 1 aromatic rings. The molecule has 0 heterocycles. The van der Waals surface area contributed by atoms with Gasteiger partial charge < -0.3 is 10.6 Å². The van der Waals surface area contributed by atoms with Crippen molar-refractivity contribution in [1.82, 2.24) is 5.32 Å². The van der Waals surface area contributed by atoms with E-state index in [1.54, 1.807) is 0 Å². The predicted octanol–water partition coefficient (Wildman–Crippen LogP) is 2.19. The van der Waals surface area contributed by atoms with E-state index < -0.39 is 0 Å². The van der Waals surface area contributed by atoms with Crippen LogP contribution in [-0.4, -0.2) is 19.0 Å². The van der Waals surface area contributed by atoms with Crippen LogP contribution in [0.15, 0.2) is 24.3 Å². The molecule has 1 amide bonds. The van der Waals surface area contributed by atoms with Crippen LogP contribution in [-0.2, 0) is 11.2 Å². The van der Waals surface area contributed by atoms with Gasteiger partial charge in [0.05, 0.1) is 6.54 Å². The highest BCUT2D eigenvalue weighted by molar-refractivity contribution is 5.80. The monoisotopic (exact) mass is 232 g/mol. The zero-order valence-corrected chi connectivity index (χ0v) is 10.3. The molecule has 0 bridgehead atoms. The summed E-state index contributed by atoms with van der Waals surface area (Å²) in [6.07, 6.45) is 3.52. The van der Waals surface area contributed by atoms with Gasteiger partial charge in [-0.2, -0.15) is 0 Å². The molecule has 1 saturated carbocycles. The normalized spacial score (nSPS) is 14.4. The van der Waals surface area contributed by atoms with Crippen LogP contribution >= 0.6 is 0 Å². The highest BCUT2D eigenvalue weighted by Gasteiger charge is 2.21. The first kappa shape index (κ1) is 12.0. The summed E-state index contributed by atoms with van der Waals surface area (Å²) < 4.78 is 0. The molecule has 92 valence electrons. The topological polar surface area (TPSA) is 41.1 Å². The summed E-state index contributed by atoms with van der Waals surface area (Å²) in [6.45, 7) is 3.33. The van der Waals surface area contributed by atoms with Crippen molar-refractivity contribution in [2.24, 2.45) is 5.92 Å². The third kappa shape index (κ3) is 3.77. The molecule has 0 aromatic heterocycles. The summed E-state index contributed by atoms with van der Waals surface area (Å²) in [5.41, 5.74) is 2.32. The fourth-order valence-electron chi connectivity index (χ4n) is 1.82. The Balaban J connectivity index is 1.77. The summed E-state index contributed by atoms with van der Waals surface area (Å²) >= 11 is 0. The van der Waals surface area contributed by atoms with Crippen molar-refractivity contribution in [3.8, 4) is 0 Å².